The van der Waals surface area contributed by atoms with E-state index in [1.54, 1.807) is 6.20 Å². The van der Waals surface area contributed by atoms with Crippen molar-refractivity contribution in [3.63, 3.8) is 0 Å². The van der Waals surface area contributed by atoms with Gasteiger partial charge in [0, 0.05) is 18.8 Å². The Kier molecular flexibility index (Phi) is 4.81. The van der Waals surface area contributed by atoms with Crippen molar-refractivity contribution >= 4 is 5.97 Å². The highest BCUT2D eigenvalue weighted by atomic mass is 16.5. The van der Waals surface area contributed by atoms with E-state index in [2.05, 4.69) is 11.9 Å². The van der Waals surface area contributed by atoms with Crippen LogP contribution < -0.4 is 0 Å². The topological polar surface area (TPSA) is 64.3 Å². The first kappa shape index (κ1) is 15.0. The van der Waals surface area contributed by atoms with Gasteiger partial charge >= 0.3 is 5.97 Å². The van der Waals surface area contributed by atoms with Crippen molar-refractivity contribution < 1.29 is 14.6 Å². The summed E-state index contributed by atoms with van der Waals surface area (Å²) in [6, 6.07) is 0. The molecule has 1 fully saturated rings. The van der Waals surface area contributed by atoms with Gasteiger partial charge in [-0.2, -0.15) is 0 Å². The zero-order valence-corrected chi connectivity index (χ0v) is 12.3. The molecule has 1 saturated carbocycles. The number of carbonyl (C=O) groups excluding carboxylic acids is 1. The number of aromatic nitrogens is 2. The number of nitrogens with zero attached hydrogens (tertiary/aromatic N) is 2. The van der Waals surface area contributed by atoms with Crippen LogP contribution in [0.3, 0.4) is 0 Å². The number of rotatable bonds is 5. The van der Waals surface area contributed by atoms with Crippen LogP contribution in [0.5, 0.6) is 0 Å². The van der Waals surface area contributed by atoms with Crippen molar-refractivity contribution in [1.82, 2.24) is 9.55 Å². The van der Waals surface area contributed by atoms with Gasteiger partial charge < -0.3 is 14.4 Å². The van der Waals surface area contributed by atoms with Gasteiger partial charge in [0.2, 0.25) is 0 Å². The molecule has 112 valence electrons. The van der Waals surface area contributed by atoms with Gasteiger partial charge in [-0.3, -0.25) is 4.79 Å². The number of aryl methyl sites for hydroxylation is 1. The van der Waals surface area contributed by atoms with Crippen LogP contribution >= 0.6 is 0 Å². The predicted octanol–water partition coefficient (Wildman–Crippen LogP) is 1.93. The van der Waals surface area contributed by atoms with E-state index in [1.807, 2.05) is 17.7 Å². The number of imidazole rings is 1. The molecular formula is C15H24N2O3. The monoisotopic (exact) mass is 280 g/mol. The minimum atomic E-state index is -0.729. The van der Waals surface area contributed by atoms with Crippen LogP contribution in [0.25, 0.3) is 0 Å². The molecule has 5 nitrogen and oxygen atoms in total. The van der Waals surface area contributed by atoms with E-state index in [-0.39, 0.29) is 11.9 Å². The highest BCUT2D eigenvalue weighted by Crippen LogP contribution is 2.34. The first-order chi connectivity index (χ1) is 9.58. The second-order valence-electron chi connectivity index (χ2n) is 5.58. The van der Waals surface area contributed by atoms with Gasteiger partial charge in [0.05, 0.1) is 24.7 Å². The molecule has 1 aliphatic rings. The summed E-state index contributed by atoms with van der Waals surface area (Å²) in [6.07, 6.45) is 7.21. The highest BCUT2D eigenvalue weighted by Gasteiger charge is 2.36. The van der Waals surface area contributed by atoms with E-state index in [0.29, 0.717) is 38.8 Å². The molecule has 1 heterocycles. The zero-order valence-electron chi connectivity index (χ0n) is 12.3. The molecule has 2 rings (SSSR count). The van der Waals surface area contributed by atoms with Gasteiger partial charge in [-0.15, -0.1) is 0 Å². The summed E-state index contributed by atoms with van der Waals surface area (Å²) in [5.74, 6) is 0.820. The quantitative estimate of drug-likeness (QED) is 0.837. The van der Waals surface area contributed by atoms with Crippen molar-refractivity contribution in [2.45, 2.75) is 58.1 Å². The molecule has 0 amide bonds. The average Bonchev–Trinajstić information content (AvgIpc) is 2.86. The largest absolute Gasteiger partial charge is 0.466 e. The Morgan fingerprint density at radius 3 is 2.80 bits per heavy atom. The maximum Gasteiger partial charge on any atom is 0.308 e. The van der Waals surface area contributed by atoms with Gasteiger partial charge in [-0.05, 0) is 32.6 Å². The molecule has 0 atom stereocenters. The van der Waals surface area contributed by atoms with Gasteiger partial charge in [-0.1, -0.05) is 6.92 Å². The third-order valence-corrected chi connectivity index (χ3v) is 4.12. The maximum atomic E-state index is 11.7. The summed E-state index contributed by atoms with van der Waals surface area (Å²) in [5, 5.41) is 10.7. The molecule has 0 spiro atoms. The summed E-state index contributed by atoms with van der Waals surface area (Å²) in [7, 11) is 0. The molecule has 0 saturated heterocycles. The maximum absolute atomic E-state index is 11.7. The van der Waals surface area contributed by atoms with Crippen LogP contribution in [0.4, 0.5) is 0 Å². The standard InChI is InChI=1S/C15H24N2O3/c1-3-13-16-9-10-17(13)11-15(19)7-5-12(6-8-15)14(18)20-4-2/h9-10,12,19H,3-8,11H2,1-2H3. The summed E-state index contributed by atoms with van der Waals surface area (Å²) >= 11 is 0. The minimum absolute atomic E-state index is 0.0522. The Labute approximate surface area is 120 Å². The Balaban J connectivity index is 1.93. The van der Waals surface area contributed by atoms with Crippen LogP contribution in [0.1, 0.15) is 45.4 Å². The van der Waals surface area contributed by atoms with E-state index < -0.39 is 5.60 Å². The molecule has 0 bridgehead atoms. The van der Waals surface area contributed by atoms with Crippen molar-refractivity contribution in [3.05, 3.63) is 18.2 Å². The molecule has 0 aliphatic heterocycles. The molecule has 20 heavy (non-hydrogen) atoms. The molecule has 5 heteroatoms. The normalized spacial score (nSPS) is 26.4. The minimum Gasteiger partial charge on any atom is -0.466 e. The first-order valence-corrected chi connectivity index (χ1v) is 7.47. The van der Waals surface area contributed by atoms with E-state index >= 15 is 0 Å². The fourth-order valence-electron chi connectivity index (χ4n) is 2.92. The molecule has 1 aromatic rings. The SMILES string of the molecule is CCOC(=O)C1CCC(O)(Cn2ccnc2CC)CC1. The van der Waals surface area contributed by atoms with E-state index in [4.69, 9.17) is 4.74 Å². The molecule has 1 N–H and O–H groups in total. The van der Waals surface area contributed by atoms with E-state index in [9.17, 15) is 9.90 Å². The Bertz CT molecular complexity index is 448. The molecule has 1 aromatic heterocycles. The molecule has 1 aliphatic carbocycles. The summed E-state index contributed by atoms with van der Waals surface area (Å²) < 4.78 is 7.07. The van der Waals surface area contributed by atoms with Gasteiger partial charge in [0.25, 0.3) is 0 Å². The second kappa shape index (κ2) is 6.39. The van der Waals surface area contributed by atoms with Crippen molar-refractivity contribution in [1.29, 1.82) is 0 Å². The van der Waals surface area contributed by atoms with Crippen molar-refractivity contribution in [2.75, 3.05) is 6.61 Å². The average molecular weight is 280 g/mol. The lowest BCUT2D eigenvalue weighted by Crippen LogP contribution is -2.40. The smallest absolute Gasteiger partial charge is 0.308 e. The summed E-state index contributed by atoms with van der Waals surface area (Å²) in [6.45, 7) is 4.86. The lowest BCUT2D eigenvalue weighted by Gasteiger charge is -2.35. The first-order valence-electron chi connectivity index (χ1n) is 7.47. The number of hydrogen-bond donors (Lipinski definition) is 1. The molecule has 0 aromatic carbocycles. The van der Waals surface area contributed by atoms with Crippen LogP contribution in [-0.2, 0) is 22.5 Å². The predicted molar refractivity (Wildman–Crippen MR) is 75.1 cm³/mol. The van der Waals surface area contributed by atoms with Crippen LogP contribution in [0.15, 0.2) is 12.4 Å². The molecule has 0 radical (unpaired) electrons. The third kappa shape index (κ3) is 3.39. The van der Waals surface area contributed by atoms with E-state index in [1.165, 1.54) is 0 Å². The summed E-state index contributed by atoms with van der Waals surface area (Å²) in [5.41, 5.74) is -0.729. The third-order valence-electron chi connectivity index (χ3n) is 4.12. The van der Waals surface area contributed by atoms with Crippen molar-refractivity contribution in [2.24, 2.45) is 5.92 Å². The van der Waals surface area contributed by atoms with Gasteiger partial charge in [0.1, 0.15) is 5.82 Å². The molecule has 0 unspecified atom stereocenters. The Hall–Kier alpha value is -1.36. The number of carbonyl (C=O) groups is 1. The highest BCUT2D eigenvalue weighted by molar-refractivity contribution is 5.72. The fourth-order valence-corrected chi connectivity index (χ4v) is 2.92. The Morgan fingerprint density at radius 1 is 1.50 bits per heavy atom. The van der Waals surface area contributed by atoms with Crippen LogP contribution in [-0.4, -0.2) is 32.8 Å². The number of ether oxygens (including phenoxy) is 1. The lowest BCUT2D eigenvalue weighted by atomic mass is 9.78. The zero-order chi connectivity index (χ0) is 14.6. The molecular weight excluding hydrogens is 256 g/mol. The van der Waals surface area contributed by atoms with E-state index in [0.717, 1.165) is 12.2 Å². The lowest BCUT2D eigenvalue weighted by molar-refractivity contribution is -0.151. The van der Waals surface area contributed by atoms with Crippen molar-refractivity contribution in [3.8, 4) is 0 Å². The number of esters is 1. The van der Waals surface area contributed by atoms with Gasteiger partial charge in [0.15, 0.2) is 0 Å². The Morgan fingerprint density at radius 2 is 2.20 bits per heavy atom. The number of hydrogen-bond acceptors (Lipinski definition) is 4. The second-order valence-corrected chi connectivity index (χ2v) is 5.58. The van der Waals surface area contributed by atoms with Crippen LogP contribution in [0.2, 0.25) is 0 Å². The van der Waals surface area contributed by atoms with Gasteiger partial charge in [-0.25, -0.2) is 4.98 Å². The number of aliphatic hydroxyl groups is 1. The fraction of sp³-hybridized carbons (Fsp3) is 0.733. The summed E-state index contributed by atoms with van der Waals surface area (Å²) in [4.78, 5) is 16.0. The van der Waals surface area contributed by atoms with Crippen LogP contribution in [0, 0.1) is 5.92 Å².